The SMILES string of the molecule is CC1(C)ON(c2ccc(C#N)c(C(F)(F)F)c2)ON1CC(=O)Nc1cccc2ccccc12. The maximum Gasteiger partial charge on any atom is 0.417 e. The maximum absolute atomic E-state index is 13.3. The first kappa shape index (κ1) is 22.5. The van der Waals surface area contributed by atoms with E-state index in [0.717, 1.165) is 28.1 Å². The summed E-state index contributed by atoms with van der Waals surface area (Å²) in [7, 11) is 0. The van der Waals surface area contributed by atoms with E-state index in [-0.39, 0.29) is 12.2 Å². The number of nitrogens with zero attached hydrogens (tertiary/aromatic N) is 3. The minimum absolute atomic E-state index is 0.0774. The van der Waals surface area contributed by atoms with Crippen molar-refractivity contribution in [3.8, 4) is 6.07 Å². The number of fused-ring (bicyclic) bond motifs is 1. The molecule has 0 unspecified atom stereocenters. The minimum atomic E-state index is -4.73. The number of alkyl halides is 3. The second kappa shape index (κ2) is 8.37. The first-order valence-corrected chi connectivity index (χ1v) is 9.92. The first-order chi connectivity index (χ1) is 15.6. The van der Waals surface area contributed by atoms with Crippen molar-refractivity contribution in [2.75, 3.05) is 17.1 Å². The number of hydrogen-bond acceptors (Lipinski definition) is 6. The average molecular weight is 456 g/mol. The van der Waals surface area contributed by atoms with Gasteiger partial charge in [0.2, 0.25) is 5.91 Å². The number of carbonyl (C=O) groups excluding carboxylic acids is 1. The number of rotatable bonds is 4. The van der Waals surface area contributed by atoms with Gasteiger partial charge in [-0.1, -0.05) is 36.4 Å². The molecule has 0 spiro atoms. The van der Waals surface area contributed by atoms with E-state index in [0.29, 0.717) is 5.69 Å². The third kappa shape index (κ3) is 4.61. The first-order valence-electron chi connectivity index (χ1n) is 9.92. The third-order valence-corrected chi connectivity index (χ3v) is 5.07. The largest absolute Gasteiger partial charge is 0.417 e. The van der Waals surface area contributed by atoms with Crippen LogP contribution in [0.3, 0.4) is 0 Å². The molecule has 3 aromatic rings. The van der Waals surface area contributed by atoms with Crippen LogP contribution in [0.1, 0.15) is 25.0 Å². The summed E-state index contributed by atoms with van der Waals surface area (Å²) in [4.78, 5) is 23.9. The molecule has 3 aromatic carbocycles. The number of nitrogens with one attached hydrogen (secondary N) is 1. The highest BCUT2D eigenvalue weighted by atomic mass is 19.4. The highest BCUT2D eigenvalue weighted by molar-refractivity contribution is 6.02. The van der Waals surface area contributed by atoms with Gasteiger partial charge in [-0.05, 0) is 43.5 Å². The summed E-state index contributed by atoms with van der Waals surface area (Å²) in [5.74, 6) is -0.402. The number of halogens is 3. The smallest absolute Gasteiger partial charge is 0.324 e. The molecule has 0 aliphatic carbocycles. The van der Waals surface area contributed by atoms with Gasteiger partial charge in [0.25, 0.3) is 0 Å². The lowest BCUT2D eigenvalue weighted by atomic mass is 10.1. The van der Waals surface area contributed by atoms with Gasteiger partial charge in [0.15, 0.2) is 5.72 Å². The van der Waals surface area contributed by atoms with Gasteiger partial charge >= 0.3 is 6.18 Å². The van der Waals surface area contributed by atoms with Gasteiger partial charge in [0.05, 0.1) is 22.9 Å². The molecule has 7 nitrogen and oxygen atoms in total. The zero-order chi connectivity index (χ0) is 23.8. The van der Waals surface area contributed by atoms with Crippen LogP contribution in [0.25, 0.3) is 10.8 Å². The van der Waals surface area contributed by atoms with Gasteiger partial charge in [-0.2, -0.15) is 23.4 Å². The Morgan fingerprint density at radius 3 is 2.58 bits per heavy atom. The molecule has 0 radical (unpaired) electrons. The fraction of sp³-hybridized carbons (Fsp3) is 0.217. The Balaban J connectivity index is 1.51. The molecule has 0 saturated carbocycles. The molecule has 1 N–H and O–H groups in total. The predicted octanol–water partition coefficient (Wildman–Crippen LogP) is 5.01. The summed E-state index contributed by atoms with van der Waals surface area (Å²) < 4.78 is 39.9. The molecule has 0 aromatic heterocycles. The lowest BCUT2D eigenvalue weighted by molar-refractivity contribution is -0.172. The highest BCUT2D eigenvalue weighted by Gasteiger charge is 2.43. The Hall–Kier alpha value is -3.65. The number of hydroxylamine groups is 2. The van der Waals surface area contributed by atoms with Crippen LogP contribution < -0.4 is 10.5 Å². The molecule has 170 valence electrons. The van der Waals surface area contributed by atoms with E-state index < -0.39 is 28.9 Å². The van der Waals surface area contributed by atoms with Gasteiger partial charge in [0.1, 0.15) is 6.54 Å². The molecule has 1 aliphatic heterocycles. The van der Waals surface area contributed by atoms with E-state index in [9.17, 15) is 18.0 Å². The Kier molecular flexibility index (Phi) is 5.71. The number of benzene rings is 3. The normalized spacial score (nSPS) is 16.1. The van der Waals surface area contributed by atoms with Crippen molar-refractivity contribution in [3.63, 3.8) is 0 Å². The monoisotopic (exact) mass is 456 g/mol. The quantitative estimate of drug-likeness (QED) is 0.595. The van der Waals surface area contributed by atoms with E-state index in [2.05, 4.69) is 5.32 Å². The molecule has 1 aliphatic rings. The zero-order valence-electron chi connectivity index (χ0n) is 17.7. The van der Waals surface area contributed by atoms with Crippen LogP contribution in [0.2, 0.25) is 0 Å². The number of amides is 1. The van der Waals surface area contributed by atoms with Crippen molar-refractivity contribution >= 4 is 28.1 Å². The molecule has 1 fully saturated rings. The fourth-order valence-corrected chi connectivity index (χ4v) is 3.40. The summed E-state index contributed by atoms with van der Waals surface area (Å²) in [6.07, 6.45) is -4.73. The molecular weight excluding hydrogens is 437 g/mol. The molecule has 1 heterocycles. The highest BCUT2D eigenvalue weighted by Crippen LogP contribution is 2.37. The van der Waals surface area contributed by atoms with E-state index in [4.69, 9.17) is 15.0 Å². The van der Waals surface area contributed by atoms with Crippen LogP contribution in [-0.2, 0) is 20.7 Å². The van der Waals surface area contributed by atoms with E-state index in [1.807, 2.05) is 36.4 Å². The zero-order valence-corrected chi connectivity index (χ0v) is 17.7. The Bertz CT molecular complexity index is 1250. The van der Waals surface area contributed by atoms with Crippen molar-refractivity contribution < 1.29 is 27.7 Å². The van der Waals surface area contributed by atoms with Crippen LogP contribution in [0.5, 0.6) is 0 Å². The number of carbonyl (C=O) groups is 1. The lowest BCUT2D eigenvalue weighted by Crippen LogP contribution is -2.43. The maximum atomic E-state index is 13.3. The van der Waals surface area contributed by atoms with Crippen molar-refractivity contribution in [2.45, 2.75) is 25.7 Å². The van der Waals surface area contributed by atoms with Crippen molar-refractivity contribution in [1.82, 2.24) is 5.06 Å². The Labute approximate surface area is 187 Å². The molecule has 0 atom stereocenters. The summed E-state index contributed by atoms with van der Waals surface area (Å²) in [5, 5.41) is 15.6. The topological polar surface area (TPSA) is 77.8 Å². The van der Waals surface area contributed by atoms with Crippen LogP contribution >= 0.6 is 0 Å². The minimum Gasteiger partial charge on any atom is -0.324 e. The number of anilines is 2. The Morgan fingerprint density at radius 1 is 1.12 bits per heavy atom. The Morgan fingerprint density at radius 2 is 1.85 bits per heavy atom. The molecule has 1 saturated heterocycles. The van der Waals surface area contributed by atoms with E-state index in [1.54, 1.807) is 19.9 Å². The van der Waals surface area contributed by atoms with Crippen LogP contribution in [0.15, 0.2) is 60.7 Å². The van der Waals surface area contributed by atoms with Gasteiger partial charge in [0, 0.05) is 11.1 Å². The molecule has 1 amide bonds. The van der Waals surface area contributed by atoms with Crippen molar-refractivity contribution in [2.24, 2.45) is 0 Å². The average Bonchev–Trinajstić information content (AvgIpc) is 3.06. The molecular formula is C23H19F3N4O3. The van der Waals surface area contributed by atoms with Crippen LogP contribution in [-0.4, -0.2) is 23.2 Å². The number of nitriles is 1. The standard InChI is InChI=1S/C23H19F3N4O3/c1-22(2)29(14-21(31)28-20-9-5-7-15-6-3-4-8-18(15)20)33-30(32-22)17-11-10-16(13-27)19(12-17)23(24,25)26/h3-12H,14H2,1-2H3,(H,28,31). The van der Waals surface area contributed by atoms with Crippen LogP contribution in [0.4, 0.5) is 24.5 Å². The third-order valence-electron chi connectivity index (χ3n) is 5.07. The predicted molar refractivity (Wildman–Crippen MR) is 114 cm³/mol. The second-order valence-electron chi connectivity index (χ2n) is 7.83. The molecule has 33 heavy (non-hydrogen) atoms. The summed E-state index contributed by atoms with van der Waals surface area (Å²) in [6.45, 7) is 2.95. The van der Waals surface area contributed by atoms with Crippen LogP contribution in [0, 0.1) is 11.3 Å². The molecule has 0 bridgehead atoms. The summed E-state index contributed by atoms with van der Waals surface area (Å²) >= 11 is 0. The van der Waals surface area contributed by atoms with E-state index >= 15 is 0 Å². The summed E-state index contributed by atoms with van der Waals surface area (Å²) in [5.41, 5.74) is -2.25. The van der Waals surface area contributed by atoms with Crippen molar-refractivity contribution in [1.29, 1.82) is 5.26 Å². The van der Waals surface area contributed by atoms with Gasteiger partial charge in [-0.25, -0.2) is 4.84 Å². The van der Waals surface area contributed by atoms with Gasteiger partial charge in [-0.3, -0.25) is 4.79 Å². The fourth-order valence-electron chi connectivity index (χ4n) is 3.40. The second-order valence-corrected chi connectivity index (χ2v) is 7.83. The molecule has 10 heteroatoms. The molecule has 4 rings (SSSR count). The van der Waals surface area contributed by atoms with E-state index in [1.165, 1.54) is 17.2 Å². The van der Waals surface area contributed by atoms with Crippen molar-refractivity contribution in [3.05, 3.63) is 71.8 Å². The summed E-state index contributed by atoms with van der Waals surface area (Å²) in [6, 6.07) is 17.7. The van der Waals surface area contributed by atoms with Gasteiger partial charge in [-0.15, -0.1) is 10.3 Å². The lowest BCUT2D eigenvalue weighted by Gasteiger charge is -2.23. The number of hydrogen-bond donors (Lipinski definition) is 1. The van der Waals surface area contributed by atoms with Gasteiger partial charge < -0.3 is 5.32 Å².